The molecule has 0 aliphatic carbocycles. The molecule has 0 bridgehead atoms. The molecule has 0 aromatic carbocycles. The fraction of sp³-hybridized carbons (Fsp3) is 0.500. The minimum Gasteiger partial charge on any atom is -0.481 e. The lowest BCUT2D eigenvalue weighted by Gasteiger charge is -2.25. The first-order chi connectivity index (χ1) is 15.8. The summed E-state index contributed by atoms with van der Waals surface area (Å²) >= 11 is 0. The molecule has 16 nitrogen and oxygen atoms in total. The number of aromatic nitrogens is 2. The van der Waals surface area contributed by atoms with E-state index >= 15 is 0 Å². The van der Waals surface area contributed by atoms with Gasteiger partial charge in [0, 0.05) is 18.3 Å². The van der Waals surface area contributed by atoms with Crippen LogP contribution in [0.2, 0.25) is 0 Å². The molecule has 0 aliphatic rings. The number of aliphatic hydroxyl groups excluding tert-OH is 1. The molecule has 1 heterocycles. The first kappa shape index (κ1) is 28.0. The molecular weight excluding hydrogens is 458 g/mol. The maximum Gasteiger partial charge on any atom is 0.328 e. The van der Waals surface area contributed by atoms with Crippen molar-refractivity contribution >= 4 is 35.6 Å². The van der Waals surface area contributed by atoms with Crippen molar-refractivity contribution in [2.45, 2.75) is 56.5 Å². The van der Waals surface area contributed by atoms with Crippen LogP contribution in [0.15, 0.2) is 12.5 Å². The second-order valence-corrected chi connectivity index (χ2v) is 7.34. The molecule has 4 amide bonds. The summed E-state index contributed by atoms with van der Waals surface area (Å²) in [6.45, 7) is 1.13. The summed E-state index contributed by atoms with van der Waals surface area (Å²) < 4.78 is 0. The number of carbonyl (C=O) groups excluding carboxylic acids is 4. The molecule has 0 aliphatic heterocycles. The summed E-state index contributed by atoms with van der Waals surface area (Å²) in [6.07, 6.45) is -0.544. The summed E-state index contributed by atoms with van der Waals surface area (Å²) in [6, 6.07) is -6.31. The minimum atomic E-state index is -1.70. The van der Waals surface area contributed by atoms with E-state index in [2.05, 4.69) is 25.9 Å². The van der Waals surface area contributed by atoms with Gasteiger partial charge in [-0.15, -0.1) is 0 Å². The number of hydrogen-bond acceptors (Lipinski definition) is 9. The standard InChI is InChI=1S/C18H27N7O9/c1-7(26)14(18(33)34)25-17(32)10(2-8-5-21-6-22-8)24-16(31)11(4-13(28)29)23-15(30)9(19)3-12(20)27/h5-7,9-11,14,26H,2-4,19H2,1H3,(H2,20,27)(H,21,22)(H,23,30)(H,24,31)(H,25,32)(H,28,29)(H,33,34). The third kappa shape index (κ3) is 9.21. The third-order valence-electron chi connectivity index (χ3n) is 4.43. The number of hydrogen-bond donors (Lipinski definition) is 9. The Bertz CT molecular complexity index is 904. The molecule has 0 spiro atoms. The maximum absolute atomic E-state index is 12.8. The van der Waals surface area contributed by atoms with Crippen LogP contribution in [0, 0.1) is 0 Å². The molecule has 0 fully saturated rings. The summed E-state index contributed by atoms with van der Waals surface area (Å²) in [5.41, 5.74) is 10.8. The van der Waals surface area contributed by atoms with Crippen molar-refractivity contribution in [2.75, 3.05) is 0 Å². The van der Waals surface area contributed by atoms with Crippen LogP contribution in [-0.4, -0.2) is 91.1 Å². The number of H-pyrrole nitrogens is 1. The zero-order chi connectivity index (χ0) is 26.0. The van der Waals surface area contributed by atoms with Crippen LogP contribution in [0.5, 0.6) is 0 Å². The van der Waals surface area contributed by atoms with Gasteiger partial charge < -0.3 is 47.7 Å². The Kier molecular flexibility index (Phi) is 10.6. The number of aromatic amines is 1. The quantitative estimate of drug-likeness (QED) is 0.121. The molecule has 34 heavy (non-hydrogen) atoms. The fourth-order valence-electron chi connectivity index (χ4n) is 2.71. The van der Waals surface area contributed by atoms with E-state index in [-0.39, 0.29) is 6.42 Å². The number of primary amides is 1. The van der Waals surface area contributed by atoms with E-state index in [1.165, 1.54) is 12.5 Å². The monoisotopic (exact) mass is 485 g/mol. The molecule has 5 atom stereocenters. The maximum atomic E-state index is 12.8. The molecule has 0 saturated carbocycles. The second-order valence-electron chi connectivity index (χ2n) is 7.34. The normalized spacial score (nSPS) is 15.1. The molecule has 0 saturated heterocycles. The van der Waals surface area contributed by atoms with E-state index in [0.29, 0.717) is 5.69 Å². The Morgan fingerprint density at radius 1 is 1.00 bits per heavy atom. The van der Waals surface area contributed by atoms with Crippen LogP contribution < -0.4 is 27.4 Å². The van der Waals surface area contributed by atoms with E-state index in [4.69, 9.17) is 16.6 Å². The highest BCUT2D eigenvalue weighted by Crippen LogP contribution is 2.04. The molecule has 16 heteroatoms. The van der Waals surface area contributed by atoms with Gasteiger partial charge >= 0.3 is 11.9 Å². The van der Waals surface area contributed by atoms with E-state index in [0.717, 1.165) is 6.92 Å². The number of carboxylic acid groups (broad SMARTS) is 2. The van der Waals surface area contributed by atoms with Crippen LogP contribution >= 0.6 is 0 Å². The highest BCUT2D eigenvalue weighted by molar-refractivity contribution is 5.96. The van der Waals surface area contributed by atoms with Gasteiger partial charge in [-0.1, -0.05) is 0 Å². The molecule has 0 radical (unpaired) electrons. The van der Waals surface area contributed by atoms with Crippen molar-refractivity contribution in [3.05, 3.63) is 18.2 Å². The van der Waals surface area contributed by atoms with Crippen LogP contribution in [0.25, 0.3) is 0 Å². The van der Waals surface area contributed by atoms with E-state index in [1.54, 1.807) is 0 Å². The number of carboxylic acids is 2. The number of nitrogens with two attached hydrogens (primary N) is 2. The van der Waals surface area contributed by atoms with Gasteiger partial charge in [0.25, 0.3) is 0 Å². The van der Waals surface area contributed by atoms with Gasteiger partial charge in [0.05, 0.1) is 31.3 Å². The summed E-state index contributed by atoms with van der Waals surface area (Å²) in [5.74, 6) is -7.06. The number of rotatable bonds is 14. The lowest BCUT2D eigenvalue weighted by molar-refractivity contribution is -0.145. The van der Waals surface area contributed by atoms with Crippen molar-refractivity contribution in [3.8, 4) is 0 Å². The van der Waals surface area contributed by atoms with Crippen LogP contribution in [0.4, 0.5) is 0 Å². The highest BCUT2D eigenvalue weighted by atomic mass is 16.4. The average Bonchev–Trinajstić information content (AvgIpc) is 3.22. The Morgan fingerprint density at radius 2 is 1.59 bits per heavy atom. The van der Waals surface area contributed by atoms with Crippen molar-refractivity contribution < 1.29 is 44.1 Å². The minimum absolute atomic E-state index is 0.224. The Hall–Kier alpha value is -4.05. The lowest BCUT2D eigenvalue weighted by Crippen LogP contribution is -2.59. The van der Waals surface area contributed by atoms with Gasteiger partial charge in [0.2, 0.25) is 23.6 Å². The SMILES string of the molecule is CC(O)C(NC(=O)C(Cc1cnc[nH]1)NC(=O)C(CC(=O)O)NC(=O)C(N)CC(N)=O)C(=O)O. The summed E-state index contributed by atoms with van der Waals surface area (Å²) in [5, 5.41) is 34.3. The van der Waals surface area contributed by atoms with Gasteiger partial charge in [-0.05, 0) is 6.92 Å². The number of imidazole rings is 1. The molecule has 1 aromatic heterocycles. The third-order valence-corrected chi connectivity index (χ3v) is 4.43. The van der Waals surface area contributed by atoms with Crippen LogP contribution in [0.3, 0.4) is 0 Å². The predicted molar refractivity (Wildman–Crippen MR) is 111 cm³/mol. The highest BCUT2D eigenvalue weighted by Gasteiger charge is 2.33. The van der Waals surface area contributed by atoms with E-state index < -0.39 is 78.7 Å². The molecule has 5 unspecified atom stereocenters. The van der Waals surface area contributed by atoms with Crippen molar-refractivity contribution in [3.63, 3.8) is 0 Å². The number of carbonyl (C=O) groups is 6. The summed E-state index contributed by atoms with van der Waals surface area (Å²) in [7, 11) is 0. The molecular formula is C18H27N7O9. The molecule has 188 valence electrons. The van der Waals surface area contributed by atoms with Crippen molar-refractivity contribution in [1.82, 2.24) is 25.9 Å². The Labute approximate surface area is 192 Å². The van der Waals surface area contributed by atoms with Crippen molar-refractivity contribution in [2.24, 2.45) is 11.5 Å². The van der Waals surface area contributed by atoms with Crippen molar-refractivity contribution in [1.29, 1.82) is 0 Å². The zero-order valence-corrected chi connectivity index (χ0v) is 18.1. The largest absolute Gasteiger partial charge is 0.481 e. The first-order valence-electron chi connectivity index (χ1n) is 9.86. The Morgan fingerprint density at radius 3 is 2.06 bits per heavy atom. The Balaban J connectivity index is 3.08. The average molecular weight is 485 g/mol. The fourth-order valence-corrected chi connectivity index (χ4v) is 2.71. The van der Waals surface area contributed by atoms with Crippen LogP contribution in [-0.2, 0) is 35.2 Å². The predicted octanol–water partition coefficient (Wildman–Crippen LogP) is -4.45. The van der Waals surface area contributed by atoms with Gasteiger partial charge in [0.15, 0.2) is 6.04 Å². The van der Waals surface area contributed by atoms with Crippen LogP contribution in [0.1, 0.15) is 25.5 Å². The van der Waals surface area contributed by atoms with Gasteiger partial charge in [0.1, 0.15) is 12.1 Å². The smallest absolute Gasteiger partial charge is 0.328 e. The number of aliphatic hydroxyl groups is 1. The second kappa shape index (κ2) is 12.9. The van der Waals surface area contributed by atoms with E-state index in [1.807, 2.05) is 0 Å². The zero-order valence-electron chi connectivity index (χ0n) is 18.1. The number of nitrogens with one attached hydrogen (secondary N) is 4. The first-order valence-corrected chi connectivity index (χ1v) is 9.86. The molecule has 11 N–H and O–H groups in total. The number of nitrogens with zero attached hydrogens (tertiary/aromatic N) is 1. The molecule has 1 aromatic rings. The van der Waals surface area contributed by atoms with Gasteiger partial charge in [-0.2, -0.15) is 0 Å². The van der Waals surface area contributed by atoms with E-state index in [9.17, 15) is 39.0 Å². The lowest BCUT2D eigenvalue weighted by atomic mass is 10.1. The number of aliphatic carboxylic acids is 2. The number of amides is 4. The van der Waals surface area contributed by atoms with Gasteiger partial charge in [-0.25, -0.2) is 9.78 Å². The summed E-state index contributed by atoms with van der Waals surface area (Å²) in [4.78, 5) is 77.5. The van der Waals surface area contributed by atoms with Gasteiger partial charge in [-0.3, -0.25) is 24.0 Å². The topological polar surface area (TPSA) is 280 Å². The molecule has 1 rings (SSSR count).